The van der Waals surface area contributed by atoms with Crippen LogP contribution in [0.4, 0.5) is 0 Å². The van der Waals surface area contributed by atoms with Crippen LogP contribution in [0.2, 0.25) is 0 Å². The molecule has 0 saturated carbocycles. The summed E-state index contributed by atoms with van der Waals surface area (Å²) < 4.78 is 0.845. The quantitative estimate of drug-likeness (QED) is 0.709. The lowest BCUT2D eigenvalue weighted by atomic mass is 9.86. The largest absolute Gasteiger partial charge is 0.341 e. The third kappa shape index (κ3) is 2.67. The number of thiazole rings is 1. The second-order valence-electron chi connectivity index (χ2n) is 5.30. The van der Waals surface area contributed by atoms with Gasteiger partial charge in [0.2, 0.25) is 0 Å². The normalized spacial score (nSPS) is 11.8. The zero-order valence-corrected chi connectivity index (χ0v) is 12.3. The molecule has 3 heteroatoms. The van der Waals surface area contributed by atoms with E-state index >= 15 is 0 Å². The molecule has 2 rings (SSSR count). The van der Waals surface area contributed by atoms with Crippen LogP contribution in [0.1, 0.15) is 32.0 Å². The van der Waals surface area contributed by atoms with Crippen molar-refractivity contribution in [3.05, 3.63) is 39.5 Å². The molecule has 0 aliphatic rings. The summed E-state index contributed by atoms with van der Waals surface area (Å²) in [6.07, 6.45) is 0. The molecule has 0 amide bonds. The Labute approximate surface area is 112 Å². The van der Waals surface area contributed by atoms with Gasteiger partial charge in [0, 0.05) is 5.69 Å². The van der Waals surface area contributed by atoms with E-state index in [2.05, 4.69) is 56.9 Å². The van der Waals surface area contributed by atoms with Crippen molar-refractivity contribution in [3.8, 4) is 10.4 Å². The maximum absolute atomic E-state index is 5.17. The third-order valence-corrected chi connectivity index (χ3v) is 4.22. The van der Waals surface area contributed by atoms with Crippen LogP contribution in [-0.2, 0) is 5.41 Å². The molecular weight excluding hydrogens is 246 g/mol. The van der Waals surface area contributed by atoms with Crippen LogP contribution in [0, 0.1) is 10.9 Å². The van der Waals surface area contributed by atoms with Crippen LogP contribution in [0.5, 0.6) is 0 Å². The molecule has 0 fully saturated rings. The molecule has 1 heterocycles. The molecule has 0 spiro atoms. The van der Waals surface area contributed by atoms with Gasteiger partial charge in [0.15, 0.2) is 3.95 Å². The van der Waals surface area contributed by atoms with Crippen molar-refractivity contribution >= 4 is 23.6 Å². The third-order valence-electron chi connectivity index (χ3n) is 2.84. The first-order chi connectivity index (χ1) is 7.88. The van der Waals surface area contributed by atoms with Gasteiger partial charge in [-0.05, 0) is 35.7 Å². The Morgan fingerprint density at radius 3 is 2.12 bits per heavy atom. The fourth-order valence-corrected chi connectivity index (χ4v) is 3.05. The predicted molar refractivity (Wildman–Crippen MR) is 78.4 cm³/mol. The number of aryl methyl sites for hydroxylation is 1. The van der Waals surface area contributed by atoms with Gasteiger partial charge in [-0.2, -0.15) is 0 Å². The van der Waals surface area contributed by atoms with Crippen molar-refractivity contribution in [3.63, 3.8) is 0 Å². The minimum absolute atomic E-state index is 0.207. The molecule has 0 unspecified atom stereocenters. The highest BCUT2D eigenvalue weighted by Crippen LogP contribution is 2.30. The summed E-state index contributed by atoms with van der Waals surface area (Å²) in [6, 6.07) is 8.78. The number of hydrogen-bond donors (Lipinski definition) is 1. The van der Waals surface area contributed by atoms with Gasteiger partial charge in [0.05, 0.1) is 4.88 Å². The van der Waals surface area contributed by atoms with Gasteiger partial charge in [0.1, 0.15) is 0 Å². The molecule has 1 nitrogen and oxygen atoms in total. The average Bonchev–Trinajstić information content (AvgIpc) is 2.57. The molecule has 17 heavy (non-hydrogen) atoms. The molecule has 1 aromatic carbocycles. The summed E-state index contributed by atoms with van der Waals surface area (Å²) in [5, 5.41) is 0. The summed E-state index contributed by atoms with van der Waals surface area (Å²) in [4.78, 5) is 4.43. The van der Waals surface area contributed by atoms with Gasteiger partial charge >= 0.3 is 0 Å². The van der Waals surface area contributed by atoms with Crippen LogP contribution in [0.3, 0.4) is 0 Å². The number of H-pyrrole nitrogens is 1. The van der Waals surface area contributed by atoms with Gasteiger partial charge in [-0.1, -0.05) is 45.0 Å². The minimum Gasteiger partial charge on any atom is -0.341 e. The smallest absolute Gasteiger partial charge is 0.159 e. The van der Waals surface area contributed by atoms with Crippen molar-refractivity contribution in [1.29, 1.82) is 0 Å². The maximum Gasteiger partial charge on any atom is 0.159 e. The first-order valence-corrected chi connectivity index (χ1v) is 6.91. The van der Waals surface area contributed by atoms with Crippen molar-refractivity contribution in [2.24, 2.45) is 0 Å². The van der Waals surface area contributed by atoms with Crippen molar-refractivity contribution in [2.75, 3.05) is 0 Å². The highest BCUT2D eigenvalue weighted by atomic mass is 32.1. The Bertz CT molecular complexity index is 568. The number of hydrogen-bond acceptors (Lipinski definition) is 2. The molecule has 0 atom stereocenters. The number of nitrogens with one attached hydrogen (secondary N) is 1. The highest BCUT2D eigenvalue weighted by Gasteiger charge is 2.13. The summed E-state index contributed by atoms with van der Waals surface area (Å²) in [5.41, 5.74) is 3.97. The van der Waals surface area contributed by atoms with Crippen LogP contribution in [0.25, 0.3) is 10.4 Å². The maximum atomic E-state index is 5.17. The monoisotopic (exact) mass is 263 g/mol. The fourth-order valence-electron chi connectivity index (χ4n) is 1.80. The molecular formula is C14H17NS2. The zero-order valence-electron chi connectivity index (χ0n) is 10.6. The number of aromatic nitrogens is 1. The van der Waals surface area contributed by atoms with Crippen LogP contribution < -0.4 is 0 Å². The van der Waals surface area contributed by atoms with E-state index in [1.54, 1.807) is 11.3 Å². The summed E-state index contributed by atoms with van der Waals surface area (Å²) in [6.45, 7) is 8.76. The first-order valence-electron chi connectivity index (χ1n) is 5.68. The van der Waals surface area contributed by atoms with Gasteiger partial charge in [-0.15, -0.1) is 11.3 Å². The van der Waals surface area contributed by atoms with E-state index < -0.39 is 0 Å². The van der Waals surface area contributed by atoms with E-state index in [1.165, 1.54) is 16.0 Å². The van der Waals surface area contributed by atoms with E-state index in [0.717, 1.165) is 9.65 Å². The average molecular weight is 263 g/mol. The number of benzene rings is 1. The van der Waals surface area contributed by atoms with Crippen molar-refractivity contribution in [1.82, 2.24) is 4.98 Å². The Hall–Kier alpha value is -0.930. The lowest BCUT2D eigenvalue weighted by Gasteiger charge is -2.19. The van der Waals surface area contributed by atoms with Crippen LogP contribution >= 0.6 is 23.6 Å². The van der Waals surface area contributed by atoms with Crippen molar-refractivity contribution in [2.45, 2.75) is 33.1 Å². The second-order valence-corrected chi connectivity index (χ2v) is 6.98. The molecule has 0 bridgehead atoms. The predicted octanol–water partition coefficient (Wildman–Crippen LogP) is 5.08. The van der Waals surface area contributed by atoms with Crippen molar-refractivity contribution < 1.29 is 0 Å². The highest BCUT2D eigenvalue weighted by molar-refractivity contribution is 7.73. The minimum atomic E-state index is 0.207. The summed E-state index contributed by atoms with van der Waals surface area (Å²) in [5.74, 6) is 0. The molecule has 0 aliphatic carbocycles. The molecule has 0 radical (unpaired) electrons. The second kappa shape index (κ2) is 4.39. The van der Waals surface area contributed by atoms with E-state index in [9.17, 15) is 0 Å². The number of aromatic amines is 1. The number of rotatable bonds is 1. The standard InChI is InChI=1S/C14H17NS2/c1-9-12(17-13(16)15-9)10-5-7-11(8-6-10)14(2,3)4/h5-8H,1-4H3,(H,15,16). The van der Waals surface area contributed by atoms with Gasteiger partial charge in [-0.3, -0.25) is 0 Å². The molecule has 2 aromatic rings. The Morgan fingerprint density at radius 2 is 1.71 bits per heavy atom. The van der Waals surface area contributed by atoms with Gasteiger partial charge < -0.3 is 4.98 Å². The van der Waals surface area contributed by atoms with Gasteiger partial charge in [0.25, 0.3) is 0 Å². The molecule has 1 aromatic heterocycles. The first kappa shape index (κ1) is 12.5. The summed E-state index contributed by atoms with van der Waals surface area (Å²) >= 11 is 6.81. The summed E-state index contributed by atoms with van der Waals surface area (Å²) in [7, 11) is 0. The van der Waals surface area contributed by atoms with Crippen LogP contribution in [0.15, 0.2) is 24.3 Å². The lowest BCUT2D eigenvalue weighted by Crippen LogP contribution is -2.10. The van der Waals surface area contributed by atoms with Gasteiger partial charge in [-0.25, -0.2) is 0 Å². The molecule has 0 aliphatic heterocycles. The lowest BCUT2D eigenvalue weighted by molar-refractivity contribution is 0.590. The molecule has 0 saturated heterocycles. The van der Waals surface area contributed by atoms with E-state index in [-0.39, 0.29) is 5.41 Å². The Kier molecular flexibility index (Phi) is 3.23. The van der Waals surface area contributed by atoms with E-state index in [1.807, 2.05) is 0 Å². The van der Waals surface area contributed by atoms with E-state index in [0.29, 0.717) is 0 Å². The van der Waals surface area contributed by atoms with Crippen LogP contribution in [-0.4, -0.2) is 4.98 Å². The Morgan fingerprint density at radius 1 is 1.12 bits per heavy atom. The fraction of sp³-hybridized carbons (Fsp3) is 0.357. The molecule has 1 N–H and O–H groups in total. The van der Waals surface area contributed by atoms with E-state index in [4.69, 9.17) is 12.2 Å². The zero-order chi connectivity index (χ0) is 12.6. The SMILES string of the molecule is Cc1[nH]c(=S)sc1-c1ccc(C(C)(C)C)cc1. The Balaban J connectivity index is 2.43. The topological polar surface area (TPSA) is 15.8 Å². The molecule has 90 valence electrons.